The van der Waals surface area contributed by atoms with Crippen molar-refractivity contribution in [1.29, 1.82) is 0 Å². The van der Waals surface area contributed by atoms with E-state index in [1.807, 2.05) is 30.3 Å². The summed E-state index contributed by atoms with van der Waals surface area (Å²) < 4.78 is 30.3. The first-order valence-electron chi connectivity index (χ1n) is 8.47. The van der Waals surface area contributed by atoms with Gasteiger partial charge < -0.3 is 10.1 Å². The normalized spacial score (nSPS) is 10.8. The van der Waals surface area contributed by atoms with Gasteiger partial charge in [0.1, 0.15) is 9.88 Å². The molecule has 9 heteroatoms. The maximum absolute atomic E-state index is 12.6. The molecular weight excluding hydrogens is 418 g/mol. The zero-order chi connectivity index (χ0) is 20.8. The number of aromatic nitrogens is 1. The first-order valence-corrected chi connectivity index (χ1v) is 10.2. The van der Waals surface area contributed by atoms with E-state index < -0.39 is 24.2 Å². The van der Waals surface area contributed by atoms with Gasteiger partial charge in [0, 0.05) is 10.5 Å². The van der Waals surface area contributed by atoms with Crippen molar-refractivity contribution in [1.82, 2.24) is 4.98 Å². The van der Waals surface area contributed by atoms with Crippen LogP contribution in [0, 0.1) is 6.92 Å². The van der Waals surface area contributed by atoms with Crippen LogP contribution in [0.1, 0.15) is 15.4 Å². The number of halogens is 2. The number of thioether (sulfide) groups is 1. The molecule has 0 saturated carbocycles. The van der Waals surface area contributed by atoms with E-state index in [2.05, 4.69) is 10.3 Å². The Morgan fingerprint density at radius 3 is 2.55 bits per heavy atom. The fraction of sp³-hybridized carbons (Fsp3) is 0.150. The Kier molecular flexibility index (Phi) is 6.95. The van der Waals surface area contributed by atoms with E-state index in [9.17, 15) is 18.4 Å². The molecule has 1 aromatic heterocycles. The molecule has 150 valence electrons. The van der Waals surface area contributed by atoms with Crippen LogP contribution >= 0.6 is 23.1 Å². The predicted octanol–water partition coefficient (Wildman–Crippen LogP) is 5.23. The van der Waals surface area contributed by atoms with Crippen molar-refractivity contribution >= 4 is 40.7 Å². The minimum absolute atomic E-state index is 0.230. The van der Waals surface area contributed by atoms with Crippen molar-refractivity contribution in [2.75, 3.05) is 11.9 Å². The largest absolute Gasteiger partial charge is 0.451 e. The first-order chi connectivity index (χ1) is 13.9. The summed E-state index contributed by atoms with van der Waals surface area (Å²) in [5, 5.41) is 3.16. The summed E-state index contributed by atoms with van der Waals surface area (Å²) in [5.74, 6) is -3.89. The van der Waals surface area contributed by atoms with Crippen LogP contribution in [0.3, 0.4) is 0 Å². The molecule has 0 aliphatic carbocycles. The number of esters is 1. The molecule has 0 bridgehead atoms. The maximum Gasteiger partial charge on any atom is 0.350 e. The van der Waals surface area contributed by atoms with Gasteiger partial charge in [-0.3, -0.25) is 4.79 Å². The number of benzene rings is 2. The van der Waals surface area contributed by atoms with Gasteiger partial charge in [-0.15, -0.1) is 11.3 Å². The number of rotatable bonds is 7. The van der Waals surface area contributed by atoms with Gasteiger partial charge in [0.15, 0.2) is 6.61 Å². The number of para-hydroxylation sites is 1. The lowest BCUT2D eigenvalue weighted by molar-refractivity contribution is -0.119. The molecule has 3 rings (SSSR count). The van der Waals surface area contributed by atoms with Gasteiger partial charge in [-0.25, -0.2) is 9.78 Å². The number of hydrogen-bond donors (Lipinski definition) is 1. The number of aryl methyl sites for hydroxylation is 1. The highest BCUT2D eigenvalue weighted by Crippen LogP contribution is 2.31. The molecule has 5 nitrogen and oxygen atoms in total. The predicted molar refractivity (Wildman–Crippen MR) is 110 cm³/mol. The van der Waals surface area contributed by atoms with Gasteiger partial charge >= 0.3 is 5.97 Å². The monoisotopic (exact) mass is 434 g/mol. The summed E-state index contributed by atoms with van der Waals surface area (Å²) in [6, 6.07) is 15.6. The topological polar surface area (TPSA) is 68.3 Å². The zero-order valence-electron chi connectivity index (χ0n) is 15.2. The van der Waals surface area contributed by atoms with E-state index >= 15 is 0 Å². The third kappa shape index (κ3) is 5.61. The highest BCUT2D eigenvalue weighted by molar-refractivity contribution is 7.99. The van der Waals surface area contributed by atoms with Gasteiger partial charge in [-0.05, 0) is 19.1 Å². The number of hydrogen-bond acceptors (Lipinski definition) is 6. The van der Waals surface area contributed by atoms with Gasteiger partial charge in [-0.2, -0.15) is 8.78 Å². The lowest BCUT2D eigenvalue weighted by Gasteiger charge is -2.10. The fourth-order valence-corrected chi connectivity index (χ4v) is 4.00. The number of thiazole rings is 1. The molecule has 2 aromatic carbocycles. The highest BCUT2D eigenvalue weighted by Gasteiger charge is 2.19. The summed E-state index contributed by atoms with van der Waals surface area (Å²) in [4.78, 5) is 29.4. The summed E-state index contributed by atoms with van der Waals surface area (Å²) in [7, 11) is 0. The highest BCUT2D eigenvalue weighted by atomic mass is 32.2. The van der Waals surface area contributed by atoms with Crippen LogP contribution in [0.25, 0.3) is 10.6 Å². The Bertz CT molecular complexity index is 1010. The Hall–Kier alpha value is -2.78. The number of carbonyl (C=O) groups excluding carboxylic acids is 2. The smallest absolute Gasteiger partial charge is 0.350 e. The standard InChI is InChI=1S/C20H16F2N2O3S2/c1-12-17(29-18(23-12)13-7-3-2-4-8-13)19(26)27-11-16(25)24-14-9-5-6-10-15(14)28-20(21)22/h2-10,20H,11H2,1H3,(H,24,25). The van der Waals surface area contributed by atoms with E-state index in [0.717, 1.165) is 5.56 Å². The fourth-order valence-electron chi connectivity index (χ4n) is 2.44. The second kappa shape index (κ2) is 9.62. The second-order valence-electron chi connectivity index (χ2n) is 5.80. The molecule has 0 aliphatic rings. The van der Waals surface area contributed by atoms with Crippen molar-refractivity contribution in [3.8, 4) is 10.6 Å². The molecular formula is C20H16F2N2O3S2. The Morgan fingerprint density at radius 2 is 1.83 bits per heavy atom. The van der Waals surface area contributed by atoms with Crippen LogP contribution in [-0.2, 0) is 9.53 Å². The minimum atomic E-state index is -2.61. The van der Waals surface area contributed by atoms with Crippen molar-refractivity contribution < 1.29 is 23.1 Å². The van der Waals surface area contributed by atoms with E-state index in [-0.39, 0.29) is 10.6 Å². The van der Waals surface area contributed by atoms with Crippen molar-refractivity contribution in [2.24, 2.45) is 0 Å². The van der Waals surface area contributed by atoms with E-state index in [1.165, 1.54) is 23.5 Å². The number of nitrogens with zero attached hydrogens (tertiary/aromatic N) is 1. The van der Waals surface area contributed by atoms with Crippen LogP contribution in [0.4, 0.5) is 14.5 Å². The molecule has 0 saturated heterocycles. The molecule has 0 aliphatic heterocycles. The molecule has 29 heavy (non-hydrogen) atoms. The average molecular weight is 434 g/mol. The molecule has 1 amide bonds. The molecule has 0 radical (unpaired) electrons. The SMILES string of the molecule is Cc1nc(-c2ccccc2)sc1C(=O)OCC(=O)Nc1ccccc1SC(F)F. The van der Waals surface area contributed by atoms with Gasteiger partial charge in [0.05, 0.1) is 11.4 Å². The van der Waals surface area contributed by atoms with Crippen molar-refractivity contribution in [2.45, 2.75) is 17.6 Å². The Morgan fingerprint density at radius 1 is 1.14 bits per heavy atom. The van der Waals surface area contributed by atoms with Crippen molar-refractivity contribution in [3.05, 3.63) is 65.2 Å². The van der Waals surface area contributed by atoms with Crippen LogP contribution in [-0.4, -0.2) is 29.2 Å². The average Bonchev–Trinajstić information content (AvgIpc) is 3.10. The van der Waals surface area contributed by atoms with E-state index in [0.29, 0.717) is 27.3 Å². The number of alkyl halides is 2. The van der Waals surface area contributed by atoms with Crippen LogP contribution in [0.15, 0.2) is 59.5 Å². The first kappa shape index (κ1) is 20.9. The number of carbonyl (C=O) groups is 2. The van der Waals surface area contributed by atoms with Crippen LogP contribution < -0.4 is 5.32 Å². The summed E-state index contributed by atoms with van der Waals surface area (Å²) in [6.45, 7) is 1.15. The molecule has 0 unspecified atom stereocenters. The van der Waals surface area contributed by atoms with E-state index in [4.69, 9.17) is 4.74 Å². The molecule has 3 aromatic rings. The molecule has 1 N–H and O–H groups in total. The number of anilines is 1. The summed E-state index contributed by atoms with van der Waals surface area (Å²) in [5.41, 5.74) is 1.63. The molecule has 1 heterocycles. The maximum atomic E-state index is 12.6. The van der Waals surface area contributed by atoms with Gasteiger partial charge in [0.25, 0.3) is 11.7 Å². The second-order valence-corrected chi connectivity index (χ2v) is 7.83. The minimum Gasteiger partial charge on any atom is -0.451 e. The third-order valence-electron chi connectivity index (χ3n) is 3.71. The van der Waals surface area contributed by atoms with Gasteiger partial charge in [0.2, 0.25) is 0 Å². The zero-order valence-corrected chi connectivity index (χ0v) is 16.9. The lowest BCUT2D eigenvalue weighted by atomic mass is 10.2. The Balaban J connectivity index is 1.61. The number of amides is 1. The molecule has 0 fully saturated rings. The quantitative estimate of drug-likeness (QED) is 0.407. The number of ether oxygens (including phenoxy) is 1. The summed E-state index contributed by atoms with van der Waals surface area (Å²) in [6.07, 6.45) is 0. The molecule has 0 spiro atoms. The lowest BCUT2D eigenvalue weighted by Crippen LogP contribution is -2.21. The van der Waals surface area contributed by atoms with E-state index in [1.54, 1.807) is 19.1 Å². The van der Waals surface area contributed by atoms with Crippen LogP contribution in [0.5, 0.6) is 0 Å². The summed E-state index contributed by atoms with van der Waals surface area (Å²) >= 11 is 1.51. The third-order valence-corrected chi connectivity index (χ3v) is 5.69. The number of nitrogens with one attached hydrogen (secondary N) is 1. The Labute approximate surface area is 174 Å². The van der Waals surface area contributed by atoms with Gasteiger partial charge in [-0.1, -0.05) is 54.2 Å². The van der Waals surface area contributed by atoms with Crippen molar-refractivity contribution in [3.63, 3.8) is 0 Å². The molecule has 0 atom stereocenters. The van der Waals surface area contributed by atoms with Crippen LogP contribution in [0.2, 0.25) is 0 Å².